The summed E-state index contributed by atoms with van der Waals surface area (Å²) in [7, 11) is 0. The predicted molar refractivity (Wildman–Crippen MR) is 58.8 cm³/mol. The van der Waals surface area contributed by atoms with Crippen LogP contribution in [-0.2, 0) is 11.2 Å². The Morgan fingerprint density at radius 1 is 1.33 bits per heavy atom. The molecule has 3 heteroatoms. The maximum absolute atomic E-state index is 11.5. The summed E-state index contributed by atoms with van der Waals surface area (Å²) < 4.78 is 0. The van der Waals surface area contributed by atoms with Crippen LogP contribution in [0.4, 0.5) is 0 Å². The first kappa shape index (κ1) is 11.4. The molecule has 0 aromatic heterocycles. The fourth-order valence-electron chi connectivity index (χ4n) is 1.24. The standard InChI is InChI=1S/C12H15NO2/c1-2-10-4-6-11(7-5-10)12(15)13-8-3-9-14/h4-7,9H,2-3,8H2,1H3,(H,13,15). The van der Waals surface area contributed by atoms with Crippen molar-refractivity contribution in [2.24, 2.45) is 0 Å². The first-order valence-corrected chi connectivity index (χ1v) is 5.08. The van der Waals surface area contributed by atoms with Gasteiger partial charge in [-0.15, -0.1) is 0 Å². The average molecular weight is 205 g/mol. The van der Waals surface area contributed by atoms with Crippen molar-refractivity contribution in [3.8, 4) is 0 Å². The number of amides is 1. The Balaban J connectivity index is 2.54. The Morgan fingerprint density at radius 2 is 2.00 bits per heavy atom. The molecule has 1 N–H and O–H groups in total. The zero-order chi connectivity index (χ0) is 11.1. The minimum Gasteiger partial charge on any atom is -0.352 e. The molecule has 1 aromatic carbocycles. The number of benzene rings is 1. The van der Waals surface area contributed by atoms with Crippen molar-refractivity contribution >= 4 is 12.2 Å². The molecular weight excluding hydrogens is 190 g/mol. The SMILES string of the molecule is CCc1ccc(C(=O)NCCC=O)cc1. The highest BCUT2D eigenvalue weighted by molar-refractivity contribution is 5.94. The normalized spacial score (nSPS) is 9.67. The fourth-order valence-corrected chi connectivity index (χ4v) is 1.24. The Morgan fingerprint density at radius 3 is 2.53 bits per heavy atom. The van der Waals surface area contributed by atoms with Crippen LogP contribution < -0.4 is 5.32 Å². The second-order valence-electron chi connectivity index (χ2n) is 3.26. The van der Waals surface area contributed by atoms with E-state index in [-0.39, 0.29) is 5.91 Å². The Labute approximate surface area is 89.5 Å². The van der Waals surface area contributed by atoms with E-state index in [1.165, 1.54) is 5.56 Å². The second-order valence-corrected chi connectivity index (χ2v) is 3.26. The first-order valence-electron chi connectivity index (χ1n) is 5.08. The second kappa shape index (κ2) is 5.96. The van der Waals surface area contributed by atoms with Gasteiger partial charge in [-0.1, -0.05) is 19.1 Å². The van der Waals surface area contributed by atoms with E-state index in [0.717, 1.165) is 12.7 Å². The third-order valence-corrected chi connectivity index (χ3v) is 2.17. The molecule has 1 aromatic rings. The largest absolute Gasteiger partial charge is 0.352 e. The molecule has 0 saturated heterocycles. The number of nitrogens with one attached hydrogen (secondary N) is 1. The van der Waals surface area contributed by atoms with Gasteiger partial charge >= 0.3 is 0 Å². The van der Waals surface area contributed by atoms with Gasteiger partial charge in [0.05, 0.1) is 0 Å². The van der Waals surface area contributed by atoms with Gasteiger partial charge in [-0.2, -0.15) is 0 Å². The number of aryl methyl sites for hydroxylation is 1. The lowest BCUT2D eigenvalue weighted by Gasteiger charge is -2.03. The first-order chi connectivity index (χ1) is 7.27. The topological polar surface area (TPSA) is 46.2 Å². The summed E-state index contributed by atoms with van der Waals surface area (Å²) in [6, 6.07) is 7.48. The molecule has 0 radical (unpaired) electrons. The van der Waals surface area contributed by atoms with E-state index in [0.29, 0.717) is 18.5 Å². The maximum atomic E-state index is 11.5. The fraction of sp³-hybridized carbons (Fsp3) is 0.333. The molecule has 0 saturated carbocycles. The van der Waals surface area contributed by atoms with Crippen LogP contribution in [0, 0.1) is 0 Å². The van der Waals surface area contributed by atoms with Crippen molar-refractivity contribution < 1.29 is 9.59 Å². The van der Waals surface area contributed by atoms with Crippen LogP contribution in [-0.4, -0.2) is 18.7 Å². The molecule has 0 spiro atoms. The Hall–Kier alpha value is -1.64. The zero-order valence-electron chi connectivity index (χ0n) is 8.82. The van der Waals surface area contributed by atoms with E-state index in [1.807, 2.05) is 12.1 Å². The third-order valence-electron chi connectivity index (χ3n) is 2.17. The van der Waals surface area contributed by atoms with Crippen molar-refractivity contribution in [1.29, 1.82) is 0 Å². The minimum atomic E-state index is -0.125. The highest BCUT2D eigenvalue weighted by Crippen LogP contribution is 2.04. The summed E-state index contributed by atoms with van der Waals surface area (Å²) >= 11 is 0. The van der Waals surface area contributed by atoms with Gasteiger partial charge in [0.15, 0.2) is 0 Å². The molecule has 3 nitrogen and oxygen atoms in total. The highest BCUT2D eigenvalue weighted by atomic mass is 16.1. The van der Waals surface area contributed by atoms with Crippen molar-refractivity contribution in [1.82, 2.24) is 5.32 Å². The molecular formula is C12H15NO2. The van der Waals surface area contributed by atoms with Gasteiger partial charge in [0.2, 0.25) is 0 Å². The third kappa shape index (κ3) is 3.54. The van der Waals surface area contributed by atoms with E-state index < -0.39 is 0 Å². The minimum absolute atomic E-state index is 0.125. The average Bonchev–Trinajstić information content (AvgIpc) is 2.29. The number of carbonyl (C=O) groups excluding carboxylic acids is 2. The van der Waals surface area contributed by atoms with Crippen molar-refractivity contribution in [2.45, 2.75) is 19.8 Å². The summed E-state index contributed by atoms with van der Waals surface area (Å²) in [5, 5.41) is 2.67. The molecule has 0 unspecified atom stereocenters. The monoisotopic (exact) mass is 205 g/mol. The number of hydrogen-bond donors (Lipinski definition) is 1. The van der Waals surface area contributed by atoms with Gasteiger partial charge in [0.1, 0.15) is 6.29 Å². The number of aldehydes is 1. The van der Waals surface area contributed by atoms with Gasteiger partial charge in [-0.25, -0.2) is 0 Å². The molecule has 80 valence electrons. The van der Waals surface area contributed by atoms with Crippen molar-refractivity contribution in [3.05, 3.63) is 35.4 Å². The number of hydrogen-bond acceptors (Lipinski definition) is 2. The smallest absolute Gasteiger partial charge is 0.251 e. The van der Waals surface area contributed by atoms with E-state index in [4.69, 9.17) is 0 Å². The molecule has 15 heavy (non-hydrogen) atoms. The van der Waals surface area contributed by atoms with E-state index in [1.54, 1.807) is 12.1 Å². The lowest BCUT2D eigenvalue weighted by atomic mass is 10.1. The van der Waals surface area contributed by atoms with Gasteiger partial charge in [-0.05, 0) is 24.1 Å². The van der Waals surface area contributed by atoms with Gasteiger partial charge in [0.25, 0.3) is 5.91 Å². The van der Waals surface area contributed by atoms with E-state index in [9.17, 15) is 9.59 Å². The van der Waals surface area contributed by atoms with Crippen molar-refractivity contribution in [3.63, 3.8) is 0 Å². The van der Waals surface area contributed by atoms with Crippen LogP contribution in [0.25, 0.3) is 0 Å². The van der Waals surface area contributed by atoms with Gasteiger partial charge in [-0.3, -0.25) is 4.79 Å². The van der Waals surface area contributed by atoms with Crippen LogP contribution >= 0.6 is 0 Å². The van der Waals surface area contributed by atoms with E-state index in [2.05, 4.69) is 12.2 Å². The van der Waals surface area contributed by atoms with Crippen LogP contribution in [0.1, 0.15) is 29.3 Å². The van der Waals surface area contributed by atoms with Crippen LogP contribution in [0.15, 0.2) is 24.3 Å². The molecule has 0 heterocycles. The molecule has 0 aliphatic heterocycles. The van der Waals surface area contributed by atoms with Crippen LogP contribution in [0.5, 0.6) is 0 Å². The molecule has 0 fully saturated rings. The zero-order valence-corrected chi connectivity index (χ0v) is 8.82. The Bertz CT molecular complexity index is 330. The lowest BCUT2D eigenvalue weighted by molar-refractivity contribution is -0.107. The number of carbonyl (C=O) groups is 2. The summed E-state index contributed by atoms with van der Waals surface area (Å²) in [5.41, 5.74) is 1.84. The molecule has 0 bridgehead atoms. The van der Waals surface area contributed by atoms with Crippen LogP contribution in [0.3, 0.4) is 0 Å². The lowest BCUT2D eigenvalue weighted by Crippen LogP contribution is -2.24. The quantitative estimate of drug-likeness (QED) is 0.586. The summed E-state index contributed by atoms with van der Waals surface area (Å²) in [6.45, 7) is 2.47. The predicted octanol–water partition coefficient (Wildman–Crippen LogP) is 1.57. The number of rotatable bonds is 5. The summed E-state index contributed by atoms with van der Waals surface area (Å²) in [4.78, 5) is 21.5. The maximum Gasteiger partial charge on any atom is 0.251 e. The Kier molecular flexibility index (Phi) is 4.54. The van der Waals surface area contributed by atoms with Crippen molar-refractivity contribution in [2.75, 3.05) is 6.54 Å². The molecule has 0 aliphatic carbocycles. The van der Waals surface area contributed by atoms with Crippen LogP contribution in [0.2, 0.25) is 0 Å². The summed E-state index contributed by atoms with van der Waals surface area (Å²) in [6.07, 6.45) is 2.12. The molecule has 1 rings (SSSR count). The molecule has 0 aliphatic rings. The summed E-state index contributed by atoms with van der Waals surface area (Å²) in [5.74, 6) is -0.125. The highest BCUT2D eigenvalue weighted by Gasteiger charge is 2.03. The molecule has 0 atom stereocenters. The van der Waals surface area contributed by atoms with E-state index >= 15 is 0 Å². The van der Waals surface area contributed by atoms with Gasteiger partial charge < -0.3 is 10.1 Å². The van der Waals surface area contributed by atoms with Gasteiger partial charge in [0, 0.05) is 18.5 Å². The molecule has 1 amide bonds.